The molecule has 3 N–H and O–H groups in total. The third-order valence-electron chi connectivity index (χ3n) is 4.22. The molecule has 0 fully saturated rings. The lowest BCUT2D eigenvalue weighted by Gasteiger charge is -2.17. The van der Waals surface area contributed by atoms with Crippen molar-refractivity contribution in [2.75, 3.05) is 24.4 Å². The normalized spacial score (nSPS) is 11.8. The van der Waals surface area contributed by atoms with E-state index in [1.54, 1.807) is 24.3 Å². The van der Waals surface area contributed by atoms with E-state index in [0.29, 0.717) is 17.3 Å². The van der Waals surface area contributed by atoms with Gasteiger partial charge in [-0.1, -0.05) is 19.1 Å². The molecule has 2 aromatic carbocycles. The van der Waals surface area contributed by atoms with E-state index in [-0.39, 0.29) is 18.6 Å². The number of fused-ring (bicyclic) bond motifs is 1. The van der Waals surface area contributed by atoms with Crippen molar-refractivity contribution in [2.45, 2.75) is 19.4 Å². The number of aromatic nitrogens is 2. The number of benzene rings is 2. The Kier molecular flexibility index (Phi) is 5.83. The van der Waals surface area contributed by atoms with Crippen LogP contribution in [0.5, 0.6) is 0 Å². The molecule has 1 atom stereocenters. The van der Waals surface area contributed by atoms with E-state index >= 15 is 0 Å². The number of nitrogens with one attached hydrogen (secondary N) is 2. The zero-order valence-electron chi connectivity index (χ0n) is 15.3. The standard InChI is InChI=1S/C20H22N4O3/c1-3-14(12-25)21-18-16-6-4-5-7-17(16)23-20(24-18)22-15-10-8-13(9-11-15)19(26)27-2/h4-11,14,25H,3,12H2,1-2H3,(H2,21,22,23,24). The lowest BCUT2D eigenvalue weighted by molar-refractivity contribution is 0.0601. The number of anilines is 3. The molecule has 0 saturated heterocycles. The van der Waals surface area contributed by atoms with Gasteiger partial charge in [0, 0.05) is 11.1 Å². The zero-order valence-corrected chi connectivity index (χ0v) is 15.3. The lowest BCUT2D eigenvalue weighted by Crippen LogP contribution is -2.23. The van der Waals surface area contributed by atoms with E-state index in [0.717, 1.165) is 23.0 Å². The second-order valence-electron chi connectivity index (χ2n) is 6.04. The van der Waals surface area contributed by atoms with Gasteiger partial charge in [0.1, 0.15) is 5.82 Å². The fourth-order valence-electron chi connectivity index (χ4n) is 2.65. The molecular formula is C20H22N4O3. The lowest BCUT2D eigenvalue weighted by atomic mass is 10.2. The Labute approximate surface area is 157 Å². The molecule has 7 nitrogen and oxygen atoms in total. The van der Waals surface area contributed by atoms with Crippen molar-refractivity contribution < 1.29 is 14.6 Å². The Morgan fingerprint density at radius 3 is 2.56 bits per heavy atom. The van der Waals surface area contributed by atoms with Gasteiger partial charge < -0.3 is 20.5 Å². The number of para-hydroxylation sites is 1. The molecule has 1 heterocycles. The number of aliphatic hydroxyl groups is 1. The predicted molar refractivity (Wildman–Crippen MR) is 105 cm³/mol. The molecule has 3 aromatic rings. The number of carbonyl (C=O) groups is 1. The summed E-state index contributed by atoms with van der Waals surface area (Å²) in [5.74, 6) is 0.703. The largest absolute Gasteiger partial charge is 0.465 e. The molecule has 7 heteroatoms. The molecule has 27 heavy (non-hydrogen) atoms. The van der Waals surface area contributed by atoms with Gasteiger partial charge in [0.15, 0.2) is 0 Å². The average Bonchev–Trinajstić information content (AvgIpc) is 2.71. The first-order valence-electron chi connectivity index (χ1n) is 8.74. The summed E-state index contributed by atoms with van der Waals surface area (Å²) in [6.07, 6.45) is 0.770. The van der Waals surface area contributed by atoms with E-state index in [9.17, 15) is 9.90 Å². The Balaban J connectivity index is 1.91. The van der Waals surface area contributed by atoms with Gasteiger partial charge in [-0.15, -0.1) is 0 Å². The van der Waals surface area contributed by atoms with Gasteiger partial charge >= 0.3 is 5.97 Å². The van der Waals surface area contributed by atoms with Crippen LogP contribution in [0.4, 0.5) is 17.5 Å². The number of methoxy groups -OCH3 is 1. The molecule has 0 aliphatic heterocycles. The number of carbonyl (C=O) groups excluding carboxylic acids is 1. The van der Waals surface area contributed by atoms with Crippen LogP contribution in [0.1, 0.15) is 23.7 Å². The van der Waals surface area contributed by atoms with Crippen LogP contribution in [-0.4, -0.2) is 40.8 Å². The first kappa shape index (κ1) is 18.6. The molecule has 1 unspecified atom stereocenters. The highest BCUT2D eigenvalue weighted by Crippen LogP contribution is 2.24. The maximum atomic E-state index is 11.5. The maximum Gasteiger partial charge on any atom is 0.337 e. The van der Waals surface area contributed by atoms with Crippen molar-refractivity contribution in [3.63, 3.8) is 0 Å². The number of hydrogen-bond acceptors (Lipinski definition) is 7. The summed E-state index contributed by atoms with van der Waals surface area (Å²) in [7, 11) is 1.35. The third-order valence-corrected chi connectivity index (χ3v) is 4.22. The fraction of sp³-hybridized carbons (Fsp3) is 0.250. The summed E-state index contributed by atoms with van der Waals surface area (Å²) in [5, 5.41) is 16.8. The summed E-state index contributed by atoms with van der Waals surface area (Å²) in [6, 6.07) is 14.5. The SMILES string of the molecule is CCC(CO)Nc1nc(Nc2ccc(C(=O)OC)cc2)nc2ccccc12. The minimum atomic E-state index is -0.385. The second-order valence-corrected chi connectivity index (χ2v) is 6.04. The molecule has 0 aliphatic rings. The van der Waals surface area contributed by atoms with Gasteiger partial charge in [-0.3, -0.25) is 0 Å². The van der Waals surface area contributed by atoms with Gasteiger partial charge in [-0.2, -0.15) is 4.98 Å². The number of ether oxygens (including phenoxy) is 1. The van der Waals surface area contributed by atoms with Crippen LogP contribution >= 0.6 is 0 Å². The highest BCUT2D eigenvalue weighted by molar-refractivity contribution is 5.91. The van der Waals surface area contributed by atoms with Crippen LogP contribution in [0, 0.1) is 0 Å². The van der Waals surface area contributed by atoms with Gasteiger partial charge in [-0.25, -0.2) is 9.78 Å². The maximum absolute atomic E-state index is 11.5. The van der Waals surface area contributed by atoms with Crippen molar-refractivity contribution in [3.8, 4) is 0 Å². The summed E-state index contributed by atoms with van der Waals surface area (Å²) in [6.45, 7) is 2.02. The first-order chi connectivity index (χ1) is 13.1. The first-order valence-corrected chi connectivity index (χ1v) is 8.74. The van der Waals surface area contributed by atoms with Crippen LogP contribution in [0.25, 0.3) is 10.9 Å². The highest BCUT2D eigenvalue weighted by Gasteiger charge is 2.12. The minimum absolute atomic E-state index is 0.0204. The average molecular weight is 366 g/mol. The van der Waals surface area contributed by atoms with E-state index in [1.165, 1.54) is 7.11 Å². The fourth-order valence-corrected chi connectivity index (χ4v) is 2.65. The van der Waals surface area contributed by atoms with Crippen molar-refractivity contribution >= 4 is 34.3 Å². The third kappa shape index (κ3) is 4.32. The number of aliphatic hydroxyl groups excluding tert-OH is 1. The number of nitrogens with zero attached hydrogens (tertiary/aromatic N) is 2. The summed E-state index contributed by atoms with van der Waals surface area (Å²) in [5.41, 5.74) is 2.01. The smallest absolute Gasteiger partial charge is 0.337 e. The molecular weight excluding hydrogens is 344 g/mol. The molecule has 0 amide bonds. The van der Waals surface area contributed by atoms with Crippen molar-refractivity contribution in [1.29, 1.82) is 0 Å². The van der Waals surface area contributed by atoms with E-state index < -0.39 is 0 Å². The molecule has 3 rings (SSSR count). The minimum Gasteiger partial charge on any atom is -0.465 e. The quantitative estimate of drug-likeness (QED) is 0.552. The summed E-state index contributed by atoms with van der Waals surface area (Å²) in [4.78, 5) is 20.7. The monoisotopic (exact) mass is 366 g/mol. The topological polar surface area (TPSA) is 96.4 Å². The van der Waals surface area contributed by atoms with E-state index in [1.807, 2.05) is 31.2 Å². The van der Waals surface area contributed by atoms with Crippen molar-refractivity contribution in [3.05, 3.63) is 54.1 Å². The predicted octanol–water partition coefficient (Wildman–Crippen LogP) is 3.34. The Morgan fingerprint density at radius 1 is 1.15 bits per heavy atom. The number of hydrogen-bond donors (Lipinski definition) is 3. The summed E-state index contributed by atoms with van der Waals surface area (Å²) >= 11 is 0. The molecule has 0 bridgehead atoms. The highest BCUT2D eigenvalue weighted by atomic mass is 16.5. The van der Waals surface area contributed by atoms with Gasteiger partial charge in [0.2, 0.25) is 5.95 Å². The molecule has 0 saturated carbocycles. The second kappa shape index (κ2) is 8.46. The van der Waals surface area contributed by atoms with Crippen molar-refractivity contribution in [1.82, 2.24) is 9.97 Å². The Hall–Kier alpha value is -3.19. The van der Waals surface area contributed by atoms with Gasteiger partial charge in [0.25, 0.3) is 0 Å². The van der Waals surface area contributed by atoms with E-state index in [4.69, 9.17) is 4.74 Å². The molecule has 140 valence electrons. The van der Waals surface area contributed by atoms with Crippen molar-refractivity contribution in [2.24, 2.45) is 0 Å². The number of esters is 1. The number of rotatable bonds is 7. The van der Waals surface area contributed by atoms with Crippen LogP contribution in [0.2, 0.25) is 0 Å². The van der Waals surface area contributed by atoms with Gasteiger partial charge in [-0.05, 0) is 42.8 Å². The van der Waals surface area contributed by atoms with Crippen LogP contribution < -0.4 is 10.6 Å². The molecule has 0 spiro atoms. The Bertz CT molecular complexity index is 924. The Morgan fingerprint density at radius 2 is 1.89 bits per heavy atom. The van der Waals surface area contributed by atoms with Crippen LogP contribution in [0.3, 0.4) is 0 Å². The van der Waals surface area contributed by atoms with Crippen LogP contribution in [-0.2, 0) is 4.74 Å². The van der Waals surface area contributed by atoms with E-state index in [2.05, 4.69) is 20.6 Å². The summed E-state index contributed by atoms with van der Waals surface area (Å²) < 4.78 is 4.70. The molecule has 0 radical (unpaired) electrons. The van der Waals surface area contributed by atoms with Crippen LogP contribution in [0.15, 0.2) is 48.5 Å². The molecule has 1 aromatic heterocycles. The zero-order chi connectivity index (χ0) is 19.2. The van der Waals surface area contributed by atoms with Gasteiger partial charge in [0.05, 0.1) is 30.8 Å². The molecule has 0 aliphatic carbocycles.